The van der Waals surface area contributed by atoms with E-state index in [1.807, 2.05) is 13.8 Å². The zero-order valence-electron chi connectivity index (χ0n) is 14.3. The van der Waals surface area contributed by atoms with Gasteiger partial charge in [0.05, 0.1) is 6.10 Å². The zero-order chi connectivity index (χ0) is 18.8. The van der Waals surface area contributed by atoms with Crippen molar-refractivity contribution in [1.29, 1.82) is 0 Å². The molecule has 0 spiro atoms. The minimum Gasteiger partial charge on any atom is -0.389 e. The molecule has 0 saturated carbocycles. The lowest BCUT2D eigenvalue weighted by atomic mass is 9.95. The molecule has 0 bridgehead atoms. The number of aromatic nitrogens is 2. The van der Waals surface area contributed by atoms with Crippen LogP contribution in [-0.4, -0.2) is 39.4 Å². The highest BCUT2D eigenvalue weighted by atomic mass is 19.4. The summed E-state index contributed by atoms with van der Waals surface area (Å²) in [5.74, 6) is -1.44. The topological polar surface area (TPSA) is 70.1 Å². The summed E-state index contributed by atoms with van der Waals surface area (Å²) in [6.07, 6.45) is -2.08. The Kier molecular flexibility index (Phi) is 5.87. The molecule has 0 aromatic carbocycles. The maximum absolute atomic E-state index is 14.7. The minimum absolute atomic E-state index is 0.0317. The number of allylic oxidation sites excluding steroid dienone is 1. The molecule has 2 atom stereocenters. The molecule has 1 aromatic rings. The van der Waals surface area contributed by atoms with Crippen molar-refractivity contribution in [2.75, 3.05) is 10.6 Å². The first-order chi connectivity index (χ1) is 11.6. The van der Waals surface area contributed by atoms with Crippen LogP contribution in [0, 0.1) is 5.82 Å². The maximum atomic E-state index is 14.7. The number of hydrogen-bond donors (Lipinski definition) is 3. The van der Waals surface area contributed by atoms with Gasteiger partial charge in [0.2, 0.25) is 5.95 Å². The van der Waals surface area contributed by atoms with Crippen LogP contribution >= 0.6 is 0 Å². The van der Waals surface area contributed by atoms with Crippen molar-refractivity contribution < 1.29 is 22.7 Å². The Morgan fingerprint density at radius 1 is 1.20 bits per heavy atom. The van der Waals surface area contributed by atoms with E-state index in [0.29, 0.717) is 24.8 Å². The van der Waals surface area contributed by atoms with Crippen LogP contribution in [0.5, 0.6) is 0 Å². The number of aliphatic hydroxyl groups is 1. The van der Waals surface area contributed by atoms with Crippen molar-refractivity contribution in [3.63, 3.8) is 0 Å². The van der Waals surface area contributed by atoms with Gasteiger partial charge in [-0.1, -0.05) is 6.08 Å². The quantitative estimate of drug-likeness (QED) is 0.697. The molecule has 0 aliphatic heterocycles. The van der Waals surface area contributed by atoms with Crippen molar-refractivity contribution in [3.05, 3.63) is 17.6 Å². The van der Waals surface area contributed by atoms with Crippen molar-refractivity contribution in [1.82, 2.24) is 9.97 Å². The first-order valence-electron chi connectivity index (χ1n) is 8.14. The molecular formula is C16H22F4N4O. The van der Waals surface area contributed by atoms with Gasteiger partial charge in [-0.3, -0.25) is 0 Å². The van der Waals surface area contributed by atoms with E-state index in [4.69, 9.17) is 0 Å². The molecule has 25 heavy (non-hydrogen) atoms. The van der Waals surface area contributed by atoms with Crippen LogP contribution in [0.15, 0.2) is 6.08 Å². The zero-order valence-corrected chi connectivity index (χ0v) is 14.3. The predicted octanol–water partition coefficient (Wildman–Crippen LogP) is 3.73. The summed E-state index contributed by atoms with van der Waals surface area (Å²) in [7, 11) is 0. The molecule has 1 heterocycles. The molecule has 1 aliphatic rings. The SMILES string of the molecule is CC(C)Nc1nc(N[C@H](C)C(F)(F)F)c(F)c(C2=CC(O)CCC2)n1. The van der Waals surface area contributed by atoms with Crippen molar-refractivity contribution in [2.24, 2.45) is 0 Å². The van der Waals surface area contributed by atoms with Crippen LogP contribution in [-0.2, 0) is 0 Å². The summed E-state index contributed by atoms with van der Waals surface area (Å²) in [5, 5.41) is 14.7. The summed E-state index contributed by atoms with van der Waals surface area (Å²) in [6, 6.07) is -2.06. The maximum Gasteiger partial charge on any atom is 0.408 e. The molecule has 1 aliphatic carbocycles. The van der Waals surface area contributed by atoms with Crippen LogP contribution in [0.1, 0.15) is 45.7 Å². The van der Waals surface area contributed by atoms with Crippen LogP contribution in [0.4, 0.5) is 29.3 Å². The first-order valence-corrected chi connectivity index (χ1v) is 8.14. The fraction of sp³-hybridized carbons (Fsp3) is 0.625. The van der Waals surface area contributed by atoms with Gasteiger partial charge < -0.3 is 15.7 Å². The van der Waals surface area contributed by atoms with Gasteiger partial charge in [0.1, 0.15) is 11.7 Å². The lowest BCUT2D eigenvalue weighted by molar-refractivity contribution is -0.138. The molecule has 0 fully saturated rings. The average molecular weight is 362 g/mol. The molecule has 0 amide bonds. The fourth-order valence-electron chi connectivity index (χ4n) is 2.46. The Morgan fingerprint density at radius 3 is 2.44 bits per heavy atom. The molecular weight excluding hydrogens is 340 g/mol. The van der Waals surface area contributed by atoms with Crippen molar-refractivity contribution in [3.8, 4) is 0 Å². The van der Waals surface area contributed by atoms with Crippen LogP contribution < -0.4 is 10.6 Å². The number of aliphatic hydroxyl groups excluding tert-OH is 1. The number of rotatable bonds is 5. The van der Waals surface area contributed by atoms with Crippen molar-refractivity contribution >= 4 is 17.3 Å². The number of nitrogens with zero attached hydrogens (tertiary/aromatic N) is 2. The summed E-state index contributed by atoms with van der Waals surface area (Å²) in [4.78, 5) is 7.95. The largest absolute Gasteiger partial charge is 0.408 e. The molecule has 1 unspecified atom stereocenters. The average Bonchev–Trinajstić information content (AvgIpc) is 2.48. The standard InChI is InChI=1S/C16H22F4N4O/c1-8(2)21-15-23-13(10-5-4-6-11(25)7-10)12(17)14(24-15)22-9(3)16(18,19)20/h7-9,11,25H,4-6H2,1-3H3,(H2,21,22,23,24)/t9-,11?/m1/s1. The van der Waals surface area contributed by atoms with E-state index in [2.05, 4.69) is 20.6 Å². The van der Waals surface area contributed by atoms with Crippen LogP contribution in [0.25, 0.3) is 5.57 Å². The van der Waals surface area contributed by atoms with E-state index in [0.717, 1.165) is 6.92 Å². The third-order valence-electron chi connectivity index (χ3n) is 3.76. The Hall–Kier alpha value is -1.90. The number of halogens is 4. The van der Waals surface area contributed by atoms with Gasteiger partial charge in [-0.05, 0) is 45.6 Å². The van der Waals surface area contributed by atoms with Gasteiger partial charge in [0, 0.05) is 6.04 Å². The van der Waals surface area contributed by atoms with Gasteiger partial charge in [-0.2, -0.15) is 18.2 Å². The Morgan fingerprint density at radius 2 is 1.88 bits per heavy atom. The van der Waals surface area contributed by atoms with Gasteiger partial charge in [-0.15, -0.1) is 0 Å². The van der Waals surface area contributed by atoms with E-state index in [1.54, 1.807) is 0 Å². The highest BCUT2D eigenvalue weighted by Gasteiger charge is 2.37. The molecule has 3 N–H and O–H groups in total. The second-order valence-corrected chi connectivity index (χ2v) is 6.42. The van der Waals surface area contributed by atoms with E-state index in [-0.39, 0.29) is 17.7 Å². The van der Waals surface area contributed by atoms with Crippen LogP contribution in [0.3, 0.4) is 0 Å². The predicted molar refractivity (Wildman–Crippen MR) is 87.7 cm³/mol. The lowest BCUT2D eigenvalue weighted by Crippen LogP contribution is -2.34. The molecule has 2 rings (SSSR count). The number of alkyl halides is 3. The van der Waals surface area contributed by atoms with Gasteiger partial charge in [-0.25, -0.2) is 9.37 Å². The molecule has 1 aromatic heterocycles. The Labute approximate surface area is 143 Å². The van der Waals surface area contributed by atoms with Gasteiger partial charge in [0.15, 0.2) is 11.6 Å². The normalized spacial score (nSPS) is 19.6. The summed E-state index contributed by atoms with van der Waals surface area (Å²) in [5.41, 5.74) is 0.377. The number of anilines is 2. The molecule has 9 heteroatoms. The summed E-state index contributed by atoms with van der Waals surface area (Å²) < 4.78 is 53.1. The molecule has 0 saturated heterocycles. The van der Waals surface area contributed by atoms with E-state index < -0.39 is 30.0 Å². The monoisotopic (exact) mass is 362 g/mol. The van der Waals surface area contributed by atoms with E-state index in [1.165, 1.54) is 6.08 Å². The Bertz CT molecular complexity index is 646. The third-order valence-corrected chi connectivity index (χ3v) is 3.76. The number of nitrogens with one attached hydrogen (secondary N) is 2. The third kappa shape index (κ3) is 5.04. The highest BCUT2D eigenvalue weighted by Crippen LogP contribution is 2.32. The molecule has 5 nitrogen and oxygen atoms in total. The van der Waals surface area contributed by atoms with Crippen molar-refractivity contribution in [2.45, 2.75) is 64.4 Å². The summed E-state index contributed by atoms with van der Waals surface area (Å²) in [6.45, 7) is 4.50. The van der Waals surface area contributed by atoms with Gasteiger partial charge in [0.25, 0.3) is 0 Å². The van der Waals surface area contributed by atoms with E-state index >= 15 is 0 Å². The Balaban J connectivity index is 2.46. The second kappa shape index (κ2) is 7.55. The van der Waals surface area contributed by atoms with Crippen LogP contribution in [0.2, 0.25) is 0 Å². The smallest absolute Gasteiger partial charge is 0.389 e. The number of hydrogen-bond acceptors (Lipinski definition) is 5. The minimum atomic E-state index is -4.54. The summed E-state index contributed by atoms with van der Waals surface area (Å²) >= 11 is 0. The molecule has 140 valence electrons. The molecule has 0 radical (unpaired) electrons. The van der Waals surface area contributed by atoms with E-state index in [9.17, 15) is 22.7 Å². The highest BCUT2D eigenvalue weighted by molar-refractivity contribution is 5.68. The van der Waals surface area contributed by atoms with Gasteiger partial charge >= 0.3 is 6.18 Å². The lowest BCUT2D eigenvalue weighted by Gasteiger charge is -2.22. The fourth-order valence-corrected chi connectivity index (χ4v) is 2.46. The second-order valence-electron chi connectivity index (χ2n) is 6.42. The first kappa shape index (κ1) is 19.4.